The lowest BCUT2D eigenvalue weighted by molar-refractivity contribution is -0.0611. The minimum Gasteiger partial charge on any atom is -0.377 e. The summed E-state index contributed by atoms with van der Waals surface area (Å²) in [6.07, 6.45) is 2.04. The van der Waals surface area contributed by atoms with Crippen LogP contribution in [0.4, 0.5) is 4.39 Å². The first-order chi connectivity index (χ1) is 9.49. The van der Waals surface area contributed by atoms with E-state index in [0.29, 0.717) is 17.1 Å². The molecular weight excluding hydrogens is 279 g/mol. The van der Waals surface area contributed by atoms with Crippen LogP contribution in [0.5, 0.6) is 0 Å². The maximum Gasteiger partial charge on any atom is 0.129 e. The molecule has 112 valence electrons. The van der Waals surface area contributed by atoms with E-state index in [0.717, 1.165) is 25.9 Å². The van der Waals surface area contributed by atoms with Gasteiger partial charge in [-0.3, -0.25) is 4.90 Å². The molecule has 0 spiro atoms. The first-order valence-electron chi connectivity index (χ1n) is 6.93. The van der Waals surface area contributed by atoms with Gasteiger partial charge in [0.25, 0.3) is 0 Å². The quantitative estimate of drug-likeness (QED) is 0.929. The van der Waals surface area contributed by atoms with Crippen LogP contribution in [0.1, 0.15) is 31.4 Å². The van der Waals surface area contributed by atoms with E-state index in [2.05, 4.69) is 11.8 Å². The molecule has 2 atom stereocenters. The summed E-state index contributed by atoms with van der Waals surface area (Å²) in [4.78, 5) is 2.21. The zero-order chi connectivity index (χ0) is 14.8. The molecule has 1 fully saturated rings. The highest BCUT2D eigenvalue weighted by molar-refractivity contribution is 6.30. The molecule has 0 amide bonds. The van der Waals surface area contributed by atoms with Gasteiger partial charge in [0.05, 0.1) is 11.6 Å². The smallest absolute Gasteiger partial charge is 0.129 e. The summed E-state index contributed by atoms with van der Waals surface area (Å²) in [6.45, 7) is 4.12. The number of hydrogen-bond donors (Lipinski definition) is 1. The van der Waals surface area contributed by atoms with E-state index in [4.69, 9.17) is 22.1 Å². The van der Waals surface area contributed by atoms with Gasteiger partial charge < -0.3 is 10.5 Å². The first kappa shape index (κ1) is 15.7. The topological polar surface area (TPSA) is 38.5 Å². The molecule has 5 heteroatoms. The van der Waals surface area contributed by atoms with Crippen LogP contribution in [-0.4, -0.2) is 37.2 Å². The fourth-order valence-electron chi connectivity index (χ4n) is 2.92. The van der Waals surface area contributed by atoms with Crippen molar-refractivity contribution in [3.8, 4) is 0 Å². The first-order valence-corrected chi connectivity index (χ1v) is 7.31. The van der Waals surface area contributed by atoms with Crippen LogP contribution in [0.15, 0.2) is 18.2 Å². The molecular formula is C15H22ClFN2O. The lowest BCUT2D eigenvalue weighted by Crippen LogP contribution is -2.50. The standard InChI is InChI=1S/C15H22ClFN2O/c1-15(20-2)6-3-7-19(10-15)14(9-18)12-5-4-11(16)8-13(12)17/h4-5,8,14H,3,6-7,9-10,18H2,1-2H3. The highest BCUT2D eigenvalue weighted by Gasteiger charge is 2.34. The largest absolute Gasteiger partial charge is 0.377 e. The summed E-state index contributed by atoms with van der Waals surface area (Å²) in [5.41, 5.74) is 6.31. The van der Waals surface area contributed by atoms with Gasteiger partial charge >= 0.3 is 0 Å². The number of hydrogen-bond acceptors (Lipinski definition) is 3. The van der Waals surface area contributed by atoms with Crippen LogP contribution >= 0.6 is 11.6 Å². The number of ether oxygens (including phenoxy) is 1. The third kappa shape index (κ3) is 3.31. The average Bonchev–Trinajstić information content (AvgIpc) is 2.42. The highest BCUT2D eigenvalue weighted by atomic mass is 35.5. The molecule has 0 bridgehead atoms. The van der Waals surface area contributed by atoms with Gasteiger partial charge in [-0.1, -0.05) is 17.7 Å². The van der Waals surface area contributed by atoms with Crippen LogP contribution in [0.2, 0.25) is 5.02 Å². The second-order valence-corrected chi connectivity index (χ2v) is 6.08. The molecule has 2 unspecified atom stereocenters. The average molecular weight is 301 g/mol. The van der Waals surface area contributed by atoms with E-state index in [1.54, 1.807) is 19.2 Å². The van der Waals surface area contributed by atoms with Gasteiger partial charge in [0.15, 0.2) is 0 Å². The fourth-order valence-corrected chi connectivity index (χ4v) is 3.08. The Kier molecular flexibility index (Phi) is 5.02. The van der Waals surface area contributed by atoms with Crippen molar-refractivity contribution in [2.45, 2.75) is 31.4 Å². The molecule has 1 aliphatic rings. The molecule has 1 aliphatic heterocycles. The van der Waals surface area contributed by atoms with Gasteiger partial charge in [-0.15, -0.1) is 0 Å². The molecule has 2 N–H and O–H groups in total. The molecule has 1 aromatic rings. The second-order valence-electron chi connectivity index (χ2n) is 5.65. The van der Waals surface area contributed by atoms with Crippen molar-refractivity contribution < 1.29 is 9.13 Å². The van der Waals surface area contributed by atoms with Gasteiger partial charge in [0, 0.05) is 30.8 Å². The van der Waals surface area contributed by atoms with E-state index in [1.165, 1.54) is 6.07 Å². The maximum atomic E-state index is 14.1. The van der Waals surface area contributed by atoms with E-state index in [1.807, 2.05) is 0 Å². The van der Waals surface area contributed by atoms with Crippen molar-refractivity contribution in [1.82, 2.24) is 4.90 Å². The van der Waals surface area contributed by atoms with Gasteiger partial charge in [-0.05, 0) is 38.4 Å². The van der Waals surface area contributed by atoms with Crippen LogP contribution in [-0.2, 0) is 4.74 Å². The van der Waals surface area contributed by atoms with Crippen molar-refractivity contribution in [3.05, 3.63) is 34.6 Å². The lowest BCUT2D eigenvalue weighted by Gasteiger charge is -2.43. The third-order valence-electron chi connectivity index (χ3n) is 4.17. The maximum absolute atomic E-state index is 14.1. The Morgan fingerprint density at radius 1 is 1.55 bits per heavy atom. The Morgan fingerprint density at radius 3 is 2.90 bits per heavy atom. The van der Waals surface area contributed by atoms with Crippen molar-refractivity contribution >= 4 is 11.6 Å². The Hall–Kier alpha value is -0.680. The van der Waals surface area contributed by atoms with E-state index >= 15 is 0 Å². The molecule has 0 aliphatic carbocycles. The molecule has 0 aromatic heterocycles. The fraction of sp³-hybridized carbons (Fsp3) is 0.600. The summed E-state index contributed by atoms with van der Waals surface area (Å²) in [5.74, 6) is -0.294. The SMILES string of the molecule is COC1(C)CCCN(C(CN)c2ccc(Cl)cc2F)C1. The molecule has 20 heavy (non-hydrogen) atoms. The lowest BCUT2D eigenvalue weighted by atomic mass is 9.92. The van der Waals surface area contributed by atoms with E-state index in [9.17, 15) is 4.39 Å². The predicted molar refractivity (Wildman–Crippen MR) is 79.4 cm³/mol. The number of piperidine rings is 1. The summed E-state index contributed by atoms with van der Waals surface area (Å²) >= 11 is 5.81. The Morgan fingerprint density at radius 2 is 2.30 bits per heavy atom. The Balaban J connectivity index is 2.23. The number of nitrogens with zero attached hydrogens (tertiary/aromatic N) is 1. The monoisotopic (exact) mass is 300 g/mol. The minimum atomic E-state index is -0.294. The zero-order valence-corrected chi connectivity index (χ0v) is 12.8. The molecule has 1 saturated heterocycles. The van der Waals surface area contributed by atoms with Crippen molar-refractivity contribution in [2.75, 3.05) is 26.7 Å². The van der Waals surface area contributed by atoms with Gasteiger partial charge in [0.2, 0.25) is 0 Å². The number of rotatable bonds is 4. The van der Waals surface area contributed by atoms with Gasteiger partial charge in [0.1, 0.15) is 5.82 Å². The van der Waals surface area contributed by atoms with Crippen molar-refractivity contribution in [2.24, 2.45) is 5.73 Å². The van der Waals surface area contributed by atoms with Gasteiger partial charge in [-0.2, -0.15) is 0 Å². The normalized spacial score (nSPS) is 25.6. The molecule has 1 heterocycles. The van der Waals surface area contributed by atoms with Crippen LogP contribution in [0.25, 0.3) is 0 Å². The summed E-state index contributed by atoms with van der Waals surface area (Å²) in [6, 6.07) is 4.65. The van der Waals surface area contributed by atoms with Crippen LogP contribution in [0, 0.1) is 5.82 Å². The number of nitrogens with two attached hydrogens (primary N) is 1. The van der Waals surface area contributed by atoms with E-state index < -0.39 is 0 Å². The molecule has 3 nitrogen and oxygen atoms in total. The van der Waals surface area contributed by atoms with E-state index in [-0.39, 0.29) is 17.5 Å². The zero-order valence-electron chi connectivity index (χ0n) is 12.0. The van der Waals surface area contributed by atoms with Crippen LogP contribution in [0.3, 0.4) is 0 Å². The number of likely N-dealkylation sites (tertiary alicyclic amines) is 1. The molecule has 0 saturated carbocycles. The summed E-state index contributed by atoms with van der Waals surface area (Å²) in [7, 11) is 1.73. The minimum absolute atomic E-state index is 0.137. The summed E-state index contributed by atoms with van der Waals surface area (Å²) in [5, 5.41) is 0.405. The summed E-state index contributed by atoms with van der Waals surface area (Å²) < 4.78 is 19.7. The predicted octanol–water partition coefficient (Wildman–Crippen LogP) is 2.98. The third-order valence-corrected chi connectivity index (χ3v) is 4.40. The number of halogens is 2. The number of methoxy groups -OCH3 is 1. The molecule has 1 aromatic carbocycles. The van der Waals surface area contributed by atoms with Crippen molar-refractivity contribution in [3.63, 3.8) is 0 Å². The van der Waals surface area contributed by atoms with Crippen LogP contribution < -0.4 is 5.73 Å². The van der Waals surface area contributed by atoms with Gasteiger partial charge in [-0.25, -0.2) is 4.39 Å². The molecule has 2 rings (SSSR count). The second kappa shape index (κ2) is 6.39. The Bertz CT molecular complexity index is 471. The highest BCUT2D eigenvalue weighted by Crippen LogP contribution is 2.31. The molecule has 0 radical (unpaired) electrons. The number of benzene rings is 1. The van der Waals surface area contributed by atoms with Crippen molar-refractivity contribution in [1.29, 1.82) is 0 Å². The Labute approximate surface area is 124 Å².